The summed E-state index contributed by atoms with van der Waals surface area (Å²) >= 11 is 13.2. The SMILES string of the molecule is CC(C)(C)C1=NS/C(=N\c2c([N+](=O)[O-])cc(C(F)(F)F)cc2[N+](=O)[O-])C1(Cl)Cl. The minimum absolute atomic E-state index is 0.168. The molecule has 14 heteroatoms. The molecule has 0 aromatic heterocycles. The predicted octanol–water partition coefficient (Wildman–Crippen LogP) is 5.87. The molecular formula is C14H11Cl2F3N4O4S. The average molecular weight is 459 g/mol. The highest BCUT2D eigenvalue weighted by atomic mass is 35.5. The summed E-state index contributed by atoms with van der Waals surface area (Å²) in [7, 11) is 0. The van der Waals surface area contributed by atoms with E-state index in [1.54, 1.807) is 20.8 Å². The number of benzene rings is 1. The first-order valence-electron chi connectivity index (χ1n) is 7.33. The van der Waals surface area contributed by atoms with E-state index >= 15 is 0 Å². The maximum Gasteiger partial charge on any atom is 0.416 e. The highest BCUT2D eigenvalue weighted by Crippen LogP contribution is 2.48. The molecule has 0 saturated heterocycles. The zero-order chi connectivity index (χ0) is 21.7. The first kappa shape index (κ1) is 22.4. The fourth-order valence-electron chi connectivity index (χ4n) is 2.27. The van der Waals surface area contributed by atoms with Gasteiger partial charge >= 0.3 is 17.6 Å². The molecule has 0 N–H and O–H groups in total. The molecule has 0 atom stereocenters. The molecule has 1 aromatic rings. The van der Waals surface area contributed by atoms with Gasteiger partial charge in [0.2, 0.25) is 10.0 Å². The van der Waals surface area contributed by atoms with E-state index in [1.807, 2.05) is 0 Å². The van der Waals surface area contributed by atoms with E-state index in [2.05, 4.69) is 9.39 Å². The van der Waals surface area contributed by atoms with Crippen molar-refractivity contribution < 1.29 is 23.0 Å². The van der Waals surface area contributed by atoms with Crippen molar-refractivity contribution in [1.82, 2.24) is 0 Å². The van der Waals surface area contributed by atoms with Gasteiger partial charge in [-0.2, -0.15) is 13.2 Å². The molecule has 8 nitrogen and oxygen atoms in total. The number of nitro groups is 2. The van der Waals surface area contributed by atoms with Crippen LogP contribution in [0.5, 0.6) is 0 Å². The van der Waals surface area contributed by atoms with Gasteiger partial charge in [-0.15, -0.1) is 0 Å². The summed E-state index contributed by atoms with van der Waals surface area (Å²) in [6.45, 7) is 5.20. The summed E-state index contributed by atoms with van der Waals surface area (Å²) in [5.41, 5.74) is -5.26. The molecule has 1 heterocycles. The number of aliphatic imine (C=N–C) groups is 1. The molecular weight excluding hydrogens is 448 g/mol. The molecule has 0 amide bonds. The van der Waals surface area contributed by atoms with Crippen molar-refractivity contribution in [1.29, 1.82) is 0 Å². The summed E-state index contributed by atoms with van der Waals surface area (Å²) in [5.74, 6) is 0. The van der Waals surface area contributed by atoms with E-state index in [-0.39, 0.29) is 22.9 Å². The number of halogens is 5. The van der Waals surface area contributed by atoms with Crippen LogP contribution >= 0.6 is 35.1 Å². The molecule has 28 heavy (non-hydrogen) atoms. The molecule has 2 rings (SSSR count). The highest BCUT2D eigenvalue weighted by Gasteiger charge is 2.48. The van der Waals surface area contributed by atoms with Crippen molar-refractivity contribution in [3.05, 3.63) is 37.9 Å². The van der Waals surface area contributed by atoms with Crippen molar-refractivity contribution in [3.63, 3.8) is 0 Å². The highest BCUT2D eigenvalue weighted by molar-refractivity contribution is 8.14. The second kappa shape index (κ2) is 7.16. The van der Waals surface area contributed by atoms with Crippen LogP contribution < -0.4 is 0 Å². The van der Waals surface area contributed by atoms with Crippen LogP contribution in [-0.2, 0) is 6.18 Å². The van der Waals surface area contributed by atoms with Crippen molar-refractivity contribution in [2.45, 2.75) is 31.3 Å². The lowest BCUT2D eigenvalue weighted by atomic mass is 9.88. The van der Waals surface area contributed by atoms with Crippen molar-refractivity contribution in [3.8, 4) is 0 Å². The van der Waals surface area contributed by atoms with Crippen LogP contribution in [0, 0.1) is 25.6 Å². The predicted molar refractivity (Wildman–Crippen MR) is 101 cm³/mol. The molecule has 1 aromatic carbocycles. The molecule has 1 aliphatic rings. The number of alkyl halides is 5. The molecule has 152 valence electrons. The molecule has 1 aliphatic heterocycles. The van der Waals surface area contributed by atoms with E-state index < -0.39 is 48.4 Å². The van der Waals surface area contributed by atoms with Crippen LogP contribution in [-0.4, -0.2) is 24.9 Å². The number of nitro benzene ring substituents is 2. The van der Waals surface area contributed by atoms with Crippen LogP contribution in [0.4, 0.5) is 30.2 Å². The van der Waals surface area contributed by atoms with Crippen LogP contribution in [0.2, 0.25) is 0 Å². The Labute approximate surface area is 170 Å². The fourth-order valence-corrected chi connectivity index (χ4v) is 4.24. The molecule has 0 spiro atoms. The summed E-state index contributed by atoms with van der Waals surface area (Å²) in [6.07, 6.45) is -5.03. The van der Waals surface area contributed by atoms with Gasteiger partial charge in [0.15, 0.2) is 0 Å². The number of rotatable bonds is 3. The van der Waals surface area contributed by atoms with Gasteiger partial charge in [-0.1, -0.05) is 44.0 Å². The van der Waals surface area contributed by atoms with Gasteiger partial charge in [-0.25, -0.2) is 9.39 Å². The van der Waals surface area contributed by atoms with Gasteiger partial charge in [0.25, 0.3) is 0 Å². The van der Waals surface area contributed by atoms with Crippen molar-refractivity contribution in [2.75, 3.05) is 0 Å². The summed E-state index contributed by atoms with van der Waals surface area (Å²) in [4.78, 5) is 24.0. The molecule has 0 radical (unpaired) electrons. The van der Waals surface area contributed by atoms with Crippen LogP contribution in [0.3, 0.4) is 0 Å². The van der Waals surface area contributed by atoms with E-state index in [4.69, 9.17) is 23.2 Å². The Morgan fingerprint density at radius 2 is 1.57 bits per heavy atom. The van der Waals surface area contributed by atoms with Gasteiger partial charge < -0.3 is 0 Å². The number of hydrogen-bond acceptors (Lipinski definition) is 7. The Morgan fingerprint density at radius 3 is 1.89 bits per heavy atom. The topological polar surface area (TPSA) is 111 Å². The van der Waals surface area contributed by atoms with E-state index in [1.165, 1.54) is 0 Å². The van der Waals surface area contributed by atoms with Crippen molar-refractivity contribution in [2.24, 2.45) is 14.8 Å². The maximum atomic E-state index is 13.0. The van der Waals surface area contributed by atoms with Gasteiger partial charge in [0.1, 0.15) is 5.04 Å². The molecule has 0 bridgehead atoms. The summed E-state index contributed by atoms with van der Waals surface area (Å²) in [6, 6.07) is 0.337. The minimum Gasteiger partial charge on any atom is -0.258 e. The Balaban J connectivity index is 2.74. The average Bonchev–Trinajstić information content (AvgIpc) is 2.80. The largest absolute Gasteiger partial charge is 0.416 e. The third-order valence-electron chi connectivity index (χ3n) is 3.50. The van der Waals surface area contributed by atoms with Gasteiger partial charge in [0.05, 0.1) is 21.1 Å². The summed E-state index contributed by atoms with van der Waals surface area (Å²) < 4.78 is 41.1. The second-order valence-corrected chi connectivity index (χ2v) is 8.73. The van der Waals surface area contributed by atoms with Crippen molar-refractivity contribution >= 4 is 63.0 Å². The lowest BCUT2D eigenvalue weighted by Crippen LogP contribution is -2.38. The summed E-state index contributed by atoms with van der Waals surface area (Å²) in [5, 5.41) is 22.3. The first-order chi connectivity index (χ1) is 12.6. The monoisotopic (exact) mass is 458 g/mol. The van der Waals surface area contributed by atoms with E-state index in [0.29, 0.717) is 11.9 Å². The lowest BCUT2D eigenvalue weighted by molar-refractivity contribution is -0.392. The van der Waals surface area contributed by atoms with Gasteiger partial charge in [-0.3, -0.25) is 20.2 Å². The quantitative estimate of drug-likeness (QED) is 0.243. The molecule has 0 unspecified atom stereocenters. The first-order valence-corrected chi connectivity index (χ1v) is 8.86. The standard InChI is InChI=1S/C14H11Cl2F3N4O4S/c1-12(2,3)10-13(15,16)11(28-21-10)20-9-7(22(24)25)4-6(14(17,18)19)5-8(9)23(26)27/h4-5H,1-3H3/b20-11-. The Morgan fingerprint density at radius 1 is 1.11 bits per heavy atom. The Hall–Kier alpha value is -1.92. The van der Waals surface area contributed by atoms with Crippen LogP contribution in [0.25, 0.3) is 0 Å². The Bertz CT molecular complexity index is 891. The van der Waals surface area contributed by atoms with E-state index in [9.17, 15) is 33.4 Å². The Kier molecular flexibility index (Phi) is 5.72. The van der Waals surface area contributed by atoms with Gasteiger partial charge in [-0.05, 0) is 0 Å². The number of hydrogen-bond donors (Lipinski definition) is 0. The van der Waals surface area contributed by atoms with Crippen LogP contribution in [0.1, 0.15) is 26.3 Å². The molecule has 0 saturated carbocycles. The van der Waals surface area contributed by atoms with Gasteiger partial charge in [0, 0.05) is 29.5 Å². The maximum absolute atomic E-state index is 13.0. The smallest absolute Gasteiger partial charge is 0.258 e. The minimum atomic E-state index is -5.03. The molecule has 0 fully saturated rings. The second-order valence-electron chi connectivity index (χ2n) is 6.65. The lowest BCUT2D eigenvalue weighted by Gasteiger charge is -2.25. The zero-order valence-corrected chi connectivity index (χ0v) is 16.7. The number of nitrogens with zero attached hydrogens (tertiary/aromatic N) is 4. The third-order valence-corrected chi connectivity index (χ3v) is 5.29. The zero-order valence-electron chi connectivity index (χ0n) is 14.4. The molecule has 0 aliphatic carbocycles. The third kappa shape index (κ3) is 4.23. The van der Waals surface area contributed by atoms with E-state index in [0.717, 1.165) is 0 Å². The normalized spacial score (nSPS) is 18.3. The fraction of sp³-hybridized carbons (Fsp3) is 0.429. The van der Waals surface area contributed by atoms with Crippen LogP contribution in [0.15, 0.2) is 21.5 Å².